The highest BCUT2D eigenvalue weighted by atomic mass is 32.1. The summed E-state index contributed by atoms with van der Waals surface area (Å²) >= 11 is 5.00. The van der Waals surface area contributed by atoms with E-state index in [4.69, 9.17) is 12.2 Å². The van der Waals surface area contributed by atoms with Crippen molar-refractivity contribution in [3.63, 3.8) is 0 Å². The molecule has 0 aliphatic heterocycles. The van der Waals surface area contributed by atoms with Crippen LogP contribution in [-0.2, 0) is 11.3 Å². The van der Waals surface area contributed by atoms with Crippen LogP contribution in [0, 0.1) is 16.4 Å². The van der Waals surface area contributed by atoms with Crippen LogP contribution in [0.25, 0.3) is 11.0 Å². The third-order valence-electron chi connectivity index (χ3n) is 2.48. The summed E-state index contributed by atoms with van der Waals surface area (Å²) in [5.41, 5.74) is 0.342. The largest absolute Gasteiger partial charge is 0.355 e. The molecule has 2 rings (SSSR count). The van der Waals surface area contributed by atoms with Gasteiger partial charge in [-0.05, 0) is 25.2 Å². The minimum absolute atomic E-state index is 0.0738. The van der Waals surface area contributed by atoms with Gasteiger partial charge in [-0.3, -0.25) is 4.79 Å². The van der Waals surface area contributed by atoms with Crippen molar-refractivity contribution in [1.82, 2.24) is 14.9 Å². The molecule has 7 heteroatoms. The number of imidazole rings is 1. The Balaban J connectivity index is 2.53. The van der Waals surface area contributed by atoms with E-state index >= 15 is 0 Å². The molecule has 0 aliphatic rings. The fourth-order valence-corrected chi connectivity index (χ4v) is 2.00. The highest BCUT2D eigenvalue weighted by Crippen LogP contribution is 2.19. The van der Waals surface area contributed by atoms with Crippen molar-refractivity contribution in [3.8, 4) is 0 Å². The van der Waals surface area contributed by atoms with Crippen LogP contribution in [0.5, 0.6) is 0 Å². The third-order valence-corrected chi connectivity index (χ3v) is 2.80. The van der Waals surface area contributed by atoms with Crippen LogP contribution in [-0.4, -0.2) is 22.0 Å². The average Bonchev–Trinajstić information content (AvgIpc) is 2.58. The van der Waals surface area contributed by atoms with Gasteiger partial charge in [-0.2, -0.15) is 0 Å². The van der Waals surface area contributed by atoms with Crippen LogP contribution in [0.1, 0.15) is 6.92 Å². The van der Waals surface area contributed by atoms with Crippen molar-refractivity contribution >= 4 is 29.2 Å². The number of nitrogens with one attached hydrogen (secondary N) is 2. The first-order valence-electron chi connectivity index (χ1n) is 5.37. The highest BCUT2D eigenvalue weighted by molar-refractivity contribution is 7.71. The van der Waals surface area contributed by atoms with Gasteiger partial charge in [-0.15, -0.1) is 0 Å². The minimum Gasteiger partial charge on any atom is -0.355 e. The molecule has 1 aromatic heterocycles. The Labute approximate surface area is 107 Å². The van der Waals surface area contributed by atoms with E-state index in [1.807, 2.05) is 0 Å². The second kappa shape index (κ2) is 4.85. The summed E-state index contributed by atoms with van der Waals surface area (Å²) in [7, 11) is 0. The van der Waals surface area contributed by atoms with E-state index in [2.05, 4.69) is 10.3 Å². The number of rotatable bonds is 3. The van der Waals surface area contributed by atoms with E-state index < -0.39 is 11.6 Å². The predicted molar refractivity (Wildman–Crippen MR) is 65.7 cm³/mol. The molecule has 0 radical (unpaired) electrons. The molecule has 0 atom stereocenters. The van der Waals surface area contributed by atoms with Gasteiger partial charge in [0.1, 0.15) is 17.9 Å². The monoisotopic (exact) mass is 271 g/mol. The smallest absolute Gasteiger partial charge is 0.240 e. The normalized spacial score (nSPS) is 10.8. The lowest BCUT2D eigenvalue weighted by Gasteiger charge is -2.04. The van der Waals surface area contributed by atoms with Crippen molar-refractivity contribution in [2.24, 2.45) is 0 Å². The van der Waals surface area contributed by atoms with Crippen molar-refractivity contribution < 1.29 is 13.6 Å². The van der Waals surface area contributed by atoms with Crippen molar-refractivity contribution in [2.45, 2.75) is 13.5 Å². The van der Waals surface area contributed by atoms with Gasteiger partial charge in [-0.1, -0.05) is 0 Å². The first-order valence-corrected chi connectivity index (χ1v) is 5.78. The zero-order chi connectivity index (χ0) is 13.3. The molecule has 0 spiro atoms. The van der Waals surface area contributed by atoms with E-state index in [1.54, 1.807) is 6.92 Å². The second-order valence-electron chi connectivity index (χ2n) is 3.75. The maximum Gasteiger partial charge on any atom is 0.240 e. The highest BCUT2D eigenvalue weighted by Gasteiger charge is 2.12. The summed E-state index contributed by atoms with van der Waals surface area (Å²) in [6.45, 7) is 2.19. The van der Waals surface area contributed by atoms with E-state index in [0.29, 0.717) is 6.54 Å². The molecular formula is C11H11F2N3OS. The Morgan fingerprint density at radius 1 is 1.50 bits per heavy atom. The number of carbonyl (C=O) groups excluding carboxylic acids is 1. The number of nitrogens with zero attached hydrogens (tertiary/aromatic N) is 1. The molecule has 1 heterocycles. The van der Waals surface area contributed by atoms with Gasteiger partial charge in [0, 0.05) is 12.6 Å². The summed E-state index contributed by atoms with van der Waals surface area (Å²) in [5.74, 6) is -1.71. The molecule has 0 unspecified atom stereocenters. The molecule has 0 fully saturated rings. The molecule has 1 aromatic carbocycles. The van der Waals surface area contributed by atoms with Crippen LogP contribution >= 0.6 is 12.2 Å². The zero-order valence-corrected chi connectivity index (χ0v) is 10.4. The molecule has 0 saturated carbocycles. The predicted octanol–water partition coefficient (Wildman–Crippen LogP) is 2.11. The molecular weight excluding hydrogens is 260 g/mol. The van der Waals surface area contributed by atoms with Crippen LogP contribution in [0.15, 0.2) is 12.1 Å². The molecule has 0 aliphatic carbocycles. The number of carbonyl (C=O) groups is 1. The van der Waals surface area contributed by atoms with Crippen LogP contribution < -0.4 is 5.32 Å². The number of hydrogen-bond acceptors (Lipinski definition) is 2. The molecule has 0 bridgehead atoms. The van der Waals surface area contributed by atoms with Gasteiger partial charge in [0.25, 0.3) is 0 Å². The number of halogens is 2. The molecule has 18 heavy (non-hydrogen) atoms. The number of likely N-dealkylation sites (N-methyl/N-ethyl adjacent to an activating group) is 1. The van der Waals surface area contributed by atoms with Crippen LogP contribution in [0.4, 0.5) is 8.78 Å². The molecule has 2 N–H and O–H groups in total. The SMILES string of the molecule is CCNC(=O)Cn1c(=S)[nH]c2c(F)cc(F)cc21. The van der Waals surface area contributed by atoms with E-state index in [-0.39, 0.29) is 28.3 Å². The Bertz CT molecular complexity index is 662. The average molecular weight is 271 g/mol. The second-order valence-corrected chi connectivity index (χ2v) is 4.14. The van der Waals surface area contributed by atoms with Crippen molar-refractivity contribution in [3.05, 3.63) is 28.5 Å². The minimum atomic E-state index is -0.731. The van der Waals surface area contributed by atoms with Gasteiger partial charge in [-0.25, -0.2) is 8.78 Å². The lowest BCUT2D eigenvalue weighted by Crippen LogP contribution is -2.27. The Morgan fingerprint density at radius 3 is 2.89 bits per heavy atom. The topological polar surface area (TPSA) is 49.8 Å². The summed E-state index contributed by atoms with van der Waals surface area (Å²) < 4.78 is 28.2. The van der Waals surface area contributed by atoms with Gasteiger partial charge in [0.15, 0.2) is 10.6 Å². The Kier molecular flexibility index (Phi) is 3.42. The van der Waals surface area contributed by atoms with E-state index in [1.165, 1.54) is 4.57 Å². The van der Waals surface area contributed by atoms with E-state index in [0.717, 1.165) is 12.1 Å². The van der Waals surface area contributed by atoms with Crippen molar-refractivity contribution in [2.75, 3.05) is 6.54 Å². The number of fused-ring (bicyclic) bond motifs is 1. The van der Waals surface area contributed by atoms with Gasteiger partial charge in [0.2, 0.25) is 5.91 Å². The van der Waals surface area contributed by atoms with Gasteiger partial charge < -0.3 is 14.9 Å². The molecule has 4 nitrogen and oxygen atoms in total. The fourth-order valence-electron chi connectivity index (χ4n) is 1.73. The van der Waals surface area contributed by atoms with Gasteiger partial charge in [0.05, 0.1) is 5.52 Å². The number of H-pyrrole nitrogens is 1. The molecule has 96 valence electrons. The third kappa shape index (κ3) is 2.26. The Hall–Kier alpha value is -1.76. The maximum absolute atomic E-state index is 13.5. The fraction of sp³-hybridized carbons (Fsp3) is 0.273. The standard InChI is InChI=1S/C11H11F2N3OS/c1-2-14-9(17)5-16-8-4-6(12)3-7(13)10(8)15-11(16)18/h3-4H,2,5H2,1H3,(H,14,17)(H,15,18). The summed E-state index contributed by atoms with van der Waals surface area (Å²) in [6.07, 6.45) is 0. The summed E-state index contributed by atoms with van der Waals surface area (Å²) in [4.78, 5) is 14.1. The van der Waals surface area contributed by atoms with E-state index in [9.17, 15) is 13.6 Å². The lowest BCUT2D eigenvalue weighted by molar-refractivity contribution is -0.121. The lowest BCUT2D eigenvalue weighted by atomic mass is 10.3. The number of hydrogen-bond donors (Lipinski definition) is 2. The summed E-state index contributed by atoms with van der Waals surface area (Å²) in [6, 6.07) is 1.91. The number of benzene rings is 1. The maximum atomic E-state index is 13.5. The van der Waals surface area contributed by atoms with Crippen molar-refractivity contribution in [1.29, 1.82) is 0 Å². The first kappa shape index (κ1) is 12.7. The van der Waals surface area contributed by atoms with Crippen LogP contribution in [0.3, 0.4) is 0 Å². The quantitative estimate of drug-likeness (QED) is 0.840. The zero-order valence-electron chi connectivity index (χ0n) is 9.59. The number of aromatic nitrogens is 2. The van der Waals surface area contributed by atoms with Gasteiger partial charge >= 0.3 is 0 Å². The number of aromatic amines is 1. The van der Waals surface area contributed by atoms with Crippen LogP contribution in [0.2, 0.25) is 0 Å². The number of amides is 1. The first-order chi connectivity index (χ1) is 8.52. The summed E-state index contributed by atoms with van der Waals surface area (Å²) in [5, 5.41) is 2.60. The Morgan fingerprint density at radius 2 is 2.22 bits per heavy atom. The molecule has 1 amide bonds. The molecule has 0 saturated heterocycles. The molecule has 2 aromatic rings.